The molecule has 0 bridgehead atoms. The van der Waals surface area contributed by atoms with Gasteiger partial charge in [0.05, 0.1) is 12.4 Å². The minimum atomic E-state index is -0.692. The number of halogens is 5. The van der Waals surface area contributed by atoms with Gasteiger partial charge < -0.3 is 0 Å². The van der Waals surface area contributed by atoms with Crippen molar-refractivity contribution in [2.24, 2.45) is 5.11 Å². The summed E-state index contributed by atoms with van der Waals surface area (Å²) >= 11 is 5.32. The SMILES string of the molecule is Fc1ccc(CCl)c(F)c1.[N-]=[N+]=NCc1ccc(F)cc1F. The van der Waals surface area contributed by atoms with Crippen LogP contribution in [0.2, 0.25) is 0 Å². The lowest BCUT2D eigenvalue weighted by Gasteiger charge is -1.96. The van der Waals surface area contributed by atoms with Crippen LogP contribution < -0.4 is 0 Å². The van der Waals surface area contributed by atoms with Crippen molar-refractivity contribution < 1.29 is 17.6 Å². The van der Waals surface area contributed by atoms with Gasteiger partial charge in [-0.2, -0.15) is 0 Å². The van der Waals surface area contributed by atoms with Crippen LogP contribution in [0.5, 0.6) is 0 Å². The molecule has 2 aromatic carbocycles. The summed E-state index contributed by atoms with van der Waals surface area (Å²) in [5.41, 5.74) is 8.45. The first kappa shape index (κ1) is 17.8. The zero-order valence-electron chi connectivity index (χ0n) is 11.1. The molecule has 0 fully saturated rings. The van der Waals surface area contributed by atoms with E-state index in [0.29, 0.717) is 5.56 Å². The molecule has 22 heavy (non-hydrogen) atoms. The maximum Gasteiger partial charge on any atom is 0.130 e. The highest BCUT2D eigenvalue weighted by Crippen LogP contribution is 2.11. The van der Waals surface area contributed by atoms with Gasteiger partial charge in [-0.05, 0) is 23.2 Å². The summed E-state index contributed by atoms with van der Waals surface area (Å²) < 4.78 is 49.8. The van der Waals surface area contributed by atoms with E-state index in [2.05, 4.69) is 10.0 Å². The van der Waals surface area contributed by atoms with Crippen LogP contribution in [0, 0.1) is 23.3 Å². The quantitative estimate of drug-likeness (QED) is 0.235. The van der Waals surface area contributed by atoms with Crippen LogP contribution >= 0.6 is 11.6 Å². The van der Waals surface area contributed by atoms with E-state index in [1.807, 2.05) is 0 Å². The number of hydrogen-bond donors (Lipinski definition) is 0. The number of alkyl halides is 1. The molecule has 0 unspecified atom stereocenters. The van der Waals surface area contributed by atoms with Crippen molar-refractivity contribution in [3.8, 4) is 0 Å². The number of azide groups is 1. The standard InChI is InChI=1S/C7H5ClF2.C7H5F2N3/c8-4-5-1-2-6(9)3-7(5)10;8-6-2-1-5(4-11-12-10)7(9)3-6/h1-3H,4H2;1-3H,4H2. The van der Waals surface area contributed by atoms with Crippen molar-refractivity contribution in [3.05, 3.63) is 81.2 Å². The molecule has 0 heterocycles. The van der Waals surface area contributed by atoms with Crippen molar-refractivity contribution in [1.29, 1.82) is 0 Å². The average Bonchev–Trinajstić information content (AvgIpc) is 2.47. The fraction of sp³-hybridized carbons (Fsp3) is 0.143. The average molecular weight is 332 g/mol. The van der Waals surface area contributed by atoms with Gasteiger partial charge in [0.2, 0.25) is 0 Å². The van der Waals surface area contributed by atoms with Crippen LogP contribution in [0.1, 0.15) is 11.1 Å². The number of nitrogens with zero attached hydrogens (tertiary/aromatic N) is 3. The van der Waals surface area contributed by atoms with E-state index in [1.54, 1.807) is 0 Å². The smallest absolute Gasteiger partial charge is 0.130 e. The minimum Gasteiger partial charge on any atom is -0.207 e. The molecule has 0 aliphatic carbocycles. The third-order valence-electron chi connectivity index (χ3n) is 2.48. The number of benzene rings is 2. The van der Waals surface area contributed by atoms with Crippen LogP contribution in [0.25, 0.3) is 10.4 Å². The van der Waals surface area contributed by atoms with Gasteiger partial charge in [-0.25, -0.2) is 17.6 Å². The maximum atomic E-state index is 12.8. The topological polar surface area (TPSA) is 48.8 Å². The summed E-state index contributed by atoms with van der Waals surface area (Å²) in [5.74, 6) is -2.42. The monoisotopic (exact) mass is 331 g/mol. The zero-order valence-corrected chi connectivity index (χ0v) is 11.9. The van der Waals surface area contributed by atoms with Crippen molar-refractivity contribution >= 4 is 11.6 Å². The van der Waals surface area contributed by atoms with Gasteiger partial charge in [-0.1, -0.05) is 17.2 Å². The predicted molar refractivity (Wildman–Crippen MR) is 75.1 cm³/mol. The molecule has 0 aliphatic heterocycles. The Labute approximate surface area is 128 Å². The summed E-state index contributed by atoms with van der Waals surface area (Å²) in [7, 11) is 0. The fourth-order valence-corrected chi connectivity index (χ4v) is 1.60. The Hall–Kier alpha value is -2.24. The van der Waals surface area contributed by atoms with E-state index in [9.17, 15) is 17.6 Å². The van der Waals surface area contributed by atoms with Gasteiger partial charge >= 0.3 is 0 Å². The molecule has 8 heteroatoms. The Morgan fingerprint density at radius 2 is 1.41 bits per heavy atom. The number of hydrogen-bond acceptors (Lipinski definition) is 1. The molecule has 2 rings (SSSR count). The van der Waals surface area contributed by atoms with Gasteiger partial charge in [0.1, 0.15) is 23.3 Å². The lowest BCUT2D eigenvalue weighted by Crippen LogP contribution is -1.88. The van der Waals surface area contributed by atoms with Gasteiger partial charge in [0.25, 0.3) is 0 Å². The second kappa shape index (κ2) is 8.92. The van der Waals surface area contributed by atoms with Gasteiger partial charge in [-0.3, -0.25) is 0 Å². The molecule has 0 spiro atoms. The largest absolute Gasteiger partial charge is 0.207 e. The molecule has 0 N–H and O–H groups in total. The van der Waals surface area contributed by atoms with Crippen molar-refractivity contribution in [2.45, 2.75) is 12.4 Å². The van der Waals surface area contributed by atoms with Crippen LogP contribution in [0.15, 0.2) is 41.5 Å². The number of rotatable bonds is 3. The third-order valence-corrected chi connectivity index (χ3v) is 2.77. The second-order valence-electron chi connectivity index (χ2n) is 3.99. The normalized spacial score (nSPS) is 9.50. The molecular formula is C14H10ClF4N3. The molecule has 116 valence electrons. The molecule has 3 nitrogen and oxygen atoms in total. The predicted octanol–water partition coefficient (Wildman–Crippen LogP) is 5.48. The Morgan fingerprint density at radius 3 is 1.82 bits per heavy atom. The summed E-state index contributed by atoms with van der Waals surface area (Å²) in [4.78, 5) is 2.46. The minimum absolute atomic E-state index is 0.0755. The summed E-state index contributed by atoms with van der Waals surface area (Å²) in [6, 6.07) is 6.45. The van der Waals surface area contributed by atoms with Crippen LogP contribution in [-0.4, -0.2) is 0 Å². The molecule has 2 aromatic rings. The van der Waals surface area contributed by atoms with E-state index in [4.69, 9.17) is 17.1 Å². The van der Waals surface area contributed by atoms with Crippen molar-refractivity contribution in [2.75, 3.05) is 0 Å². The molecule has 0 saturated heterocycles. The molecule has 0 aliphatic rings. The van der Waals surface area contributed by atoms with E-state index < -0.39 is 23.3 Å². The first-order chi connectivity index (χ1) is 10.5. The molecule has 0 amide bonds. The molecule has 0 radical (unpaired) electrons. The summed E-state index contributed by atoms with van der Waals surface area (Å²) in [6.07, 6.45) is 0. The highest BCUT2D eigenvalue weighted by molar-refractivity contribution is 6.17. The van der Waals surface area contributed by atoms with E-state index in [0.717, 1.165) is 18.2 Å². The first-order valence-corrected chi connectivity index (χ1v) is 6.46. The fourth-order valence-electron chi connectivity index (χ4n) is 1.39. The van der Waals surface area contributed by atoms with Crippen LogP contribution in [-0.2, 0) is 12.4 Å². The highest BCUT2D eigenvalue weighted by atomic mass is 35.5. The van der Waals surface area contributed by atoms with Crippen LogP contribution in [0.4, 0.5) is 17.6 Å². The van der Waals surface area contributed by atoms with Gasteiger partial charge in [0.15, 0.2) is 0 Å². The van der Waals surface area contributed by atoms with Gasteiger partial charge in [0, 0.05) is 22.6 Å². The summed E-state index contributed by atoms with van der Waals surface area (Å²) in [5, 5.41) is 3.15. The van der Waals surface area contributed by atoms with E-state index in [-0.39, 0.29) is 18.0 Å². The molecular weight excluding hydrogens is 322 g/mol. The van der Waals surface area contributed by atoms with E-state index >= 15 is 0 Å². The third kappa shape index (κ3) is 5.63. The maximum absolute atomic E-state index is 12.8. The zero-order chi connectivity index (χ0) is 16.5. The highest BCUT2D eigenvalue weighted by Gasteiger charge is 2.01. The van der Waals surface area contributed by atoms with Crippen molar-refractivity contribution in [3.63, 3.8) is 0 Å². The lowest BCUT2D eigenvalue weighted by atomic mass is 10.2. The summed E-state index contributed by atoms with van der Waals surface area (Å²) in [6.45, 7) is -0.0946. The Kier molecular flexibility index (Phi) is 7.22. The van der Waals surface area contributed by atoms with Crippen molar-refractivity contribution in [1.82, 2.24) is 0 Å². The molecule has 0 aromatic heterocycles. The van der Waals surface area contributed by atoms with Gasteiger partial charge in [-0.15, -0.1) is 11.6 Å². The van der Waals surface area contributed by atoms with Crippen LogP contribution in [0.3, 0.4) is 0 Å². The lowest BCUT2D eigenvalue weighted by molar-refractivity contribution is 0.572. The second-order valence-corrected chi connectivity index (χ2v) is 4.26. The molecule has 0 atom stereocenters. The Balaban J connectivity index is 0.000000224. The first-order valence-electron chi connectivity index (χ1n) is 5.92. The Bertz CT molecular complexity index is 688. The molecule has 0 saturated carbocycles. The Morgan fingerprint density at radius 1 is 0.909 bits per heavy atom. The van der Waals surface area contributed by atoms with E-state index in [1.165, 1.54) is 18.2 Å².